The lowest BCUT2D eigenvalue weighted by molar-refractivity contribution is -0.116. The monoisotopic (exact) mass is 659 g/mol. The minimum atomic E-state index is -0.543. The molecular weight excluding hydrogens is 626 g/mol. The van der Waals surface area contributed by atoms with Crippen LogP contribution in [0, 0.1) is 0 Å². The molecular formula is C35H34ClN3O6S. The van der Waals surface area contributed by atoms with Gasteiger partial charge in [-0.2, -0.15) is 0 Å². The number of ether oxygens (including phenoxy) is 3. The highest BCUT2D eigenvalue weighted by molar-refractivity contribution is 8.00. The third-order valence-electron chi connectivity index (χ3n) is 6.70. The van der Waals surface area contributed by atoms with Crippen molar-refractivity contribution in [2.24, 2.45) is 0 Å². The van der Waals surface area contributed by atoms with E-state index in [1.807, 2.05) is 13.0 Å². The van der Waals surface area contributed by atoms with Crippen molar-refractivity contribution in [2.75, 3.05) is 32.0 Å². The van der Waals surface area contributed by atoms with Crippen molar-refractivity contribution < 1.29 is 28.6 Å². The zero-order valence-corrected chi connectivity index (χ0v) is 27.3. The Morgan fingerprint density at radius 2 is 1.52 bits per heavy atom. The number of hydrogen-bond acceptors (Lipinski definition) is 7. The first kappa shape index (κ1) is 34.0. The minimum absolute atomic E-state index is 0.0143. The first-order valence-corrected chi connectivity index (χ1v) is 15.5. The summed E-state index contributed by atoms with van der Waals surface area (Å²) >= 11 is 7.48. The first-order chi connectivity index (χ1) is 22.2. The van der Waals surface area contributed by atoms with Crippen LogP contribution in [0.2, 0.25) is 5.02 Å². The molecule has 0 aliphatic rings. The summed E-state index contributed by atoms with van der Waals surface area (Å²) in [5.41, 5.74) is 1.97. The summed E-state index contributed by atoms with van der Waals surface area (Å²) in [7, 11) is 4.57. The Labute approximate surface area is 277 Å². The van der Waals surface area contributed by atoms with Gasteiger partial charge in [0.25, 0.3) is 11.8 Å². The van der Waals surface area contributed by atoms with Crippen LogP contribution in [0.1, 0.15) is 29.3 Å². The normalized spacial score (nSPS) is 11.6. The molecule has 3 N–H and O–H groups in total. The van der Waals surface area contributed by atoms with Gasteiger partial charge in [-0.25, -0.2) is 0 Å². The second-order valence-electron chi connectivity index (χ2n) is 9.82. The number of nitrogens with one attached hydrogen (secondary N) is 3. The van der Waals surface area contributed by atoms with E-state index in [0.717, 1.165) is 4.90 Å². The maximum atomic E-state index is 13.6. The molecule has 0 aromatic heterocycles. The van der Waals surface area contributed by atoms with Crippen molar-refractivity contribution in [1.82, 2.24) is 5.32 Å². The Balaban J connectivity index is 1.54. The van der Waals surface area contributed by atoms with Crippen molar-refractivity contribution in [1.29, 1.82) is 0 Å². The van der Waals surface area contributed by atoms with Gasteiger partial charge < -0.3 is 30.2 Å². The lowest BCUT2D eigenvalue weighted by Crippen LogP contribution is -2.30. The predicted octanol–water partition coefficient (Wildman–Crippen LogP) is 7.28. The van der Waals surface area contributed by atoms with Gasteiger partial charge in [0.1, 0.15) is 11.4 Å². The van der Waals surface area contributed by atoms with Crippen molar-refractivity contribution >= 4 is 58.5 Å². The van der Waals surface area contributed by atoms with Gasteiger partial charge in [0, 0.05) is 21.2 Å². The summed E-state index contributed by atoms with van der Waals surface area (Å²) in [6, 6.07) is 25.9. The number of halogens is 1. The molecule has 11 heteroatoms. The summed E-state index contributed by atoms with van der Waals surface area (Å²) < 4.78 is 16.1. The molecule has 9 nitrogen and oxygen atoms in total. The Morgan fingerprint density at radius 3 is 2.22 bits per heavy atom. The van der Waals surface area contributed by atoms with Crippen LogP contribution in [0.15, 0.2) is 102 Å². The van der Waals surface area contributed by atoms with Crippen LogP contribution < -0.4 is 30.2 Å². The summed E-state index contributed by atoms with van der Waals surface area (Å²) in [5, 5.41) is 8.53. The number of hydrogen-bond donors (Lipinski definition) is 3. The van der Waals surface area contributed by atoms with E-state index >= 15 is 0 Å². The van der Waals surface area contributed by atoms with Gasteiger partial charge in [0.15, 0.2) is 11.5 Å². The first-order valence-electron chi connectivity index (χ1n) is 14.3. The molecule has 0 radical (unpaired) electrons. The number of rotatable bonds is 13. The fourth-order valence-electron chi connectivity index (χ4n) is 4.37. The van der Waals surface area contributed by atoms with Crippen LogP contribution in [-0.2, 0) is 9.59 Å². The molecule has 0 bridgehead atoms. The summed E-state index contributed by atoms with van der Waals surface area (Å²) in [5.74, 6) is 0.293. The van der Waals surface area contributed by atoms with Gasteiger partial charge in [-0.05, 0) is 78.7 Å². The molecule has 4 rings (SSSR count). The molecule has 0 aliphatic heterocycles. The minimum Gasteiger partial charge on any atom is -0.495 e. The standard InChI is InChI=1S/C35H34ClN3O6S/c1-5-32(35(42)38-27-20-24(36)15-17-29(27)43-2)46-26-13-9-12-25(21-26)37-34(41)28(39-33(40)23-10-7-6-8-11-23)18-22-14-16-30(44-3)31(19-22)45-4/h6-21,32H,5H2,1-4H3,(H,37,41)(H,38,42)(H,39,40)/b28-18+. The molecule has 0 heterocycles. The Kier molecular flexibility index (Phi) is 12.1. The van der Waals surface area contributed by atoms with E-state index in [-0.39, 0.29) is 11.6 Å². The van der Waals surface area contributed by atoms with Gasteiger partial charge in [0.2, 0.25) is 5.91 Å². The molecule has 0 spiro atoms. The van der Waals surface area contributed by atoms with Crippen LogP contribution in [0.25, 0.3) is 6.08 Å². The zero-order chi connectivity index (χ0) is 33.1. The molecule has 1 atom stereocenters. The fourth-order valence-corrected chi connectivity index (χ4v) is 5.56. The quantitative estimate of drug-likeness (QED) is 0.102. The van der Waals surface area contributed by atoms with E-state index in [1.165, 1.54) is 33.1 Å². The number of carbonyl (C=O) groups is 3. The molecule has 0 fully saturated rings. The van der Waals surface area contributed by atoms with Gasteiger partial charge in [0.05, 0.1) is 32.3 Å². The summed E-state index contributed by atoms with van der Waals surface area (Å²) in [6.45, 7) is 1.92. The van der Waals surface area contributed by atoms with Crippen LogP contribution in [0.3, 0.4) is 0 Å². The molecule has 1 unspecified atom stereocenters. The molecule has 3 amide bonds. The molecule has 46 heavy (non-hydrogen) atoms. The number of methoxy groups -OCH3 is 3. The number of carbonyl (C=O) groups excluding carboxylic acids is 3. The molecule has 238 valence electrons. The number of anilines is 2. The van der Waals surface area contributed by atoms with Gasteiger partial charge >= 0.3 is 0 Å². The lowest BCUT2D eigenvalue weighted by atomic mass is 10.1. The van der Waals surface area contributed by atoms with Crippen LogP contribution in [0.5, 0.6) is 17.2 Å². The topological polar surface area (TPSA) is 115 Å². The van der Waals surface area contributed by atoms with Crippen LogP contribution >= 0.6 is 23.4 Å². The third-order valence-corrected chi connectivity index (χ3v) is 8.29. The van der Waals surface area contributed by atoms with E-state index in [0.29, 0.717) is 51.2 Å². The van der Waals surface area contributed by atoms with Crippen molar-refractivity contribution in [3.05, 3.63) is 113 Å². The van der Waals surface area contributed by atoms with Crippen LogP contribution in [0.4, 0.5) is 11.4 Å². The highest BCUT2D eigenvalue weighted by atomic mass is 35.5. The van der Waals surface area contributed by atoms with Crippen molar-refractivity contribution in [3.8, 4) is 17.2 Å². The van der Waals surface area contributed by atoms with Gasteiger partial charge in [-0.15, -0.1) is 11.8 Å². The molecule has 0 saturated carbocycles. The maximum absolute atomic E-state index is 13.6. The average Bonchev–Trinajstić information content (AvgIpc) is 3.07. The van der Waals surface area contributed by atoms with Crippen LogP contribution in [-0.4, -0.2) is 44.3 Å². The number of benzene rings is 4. The lowest BCUT2D eigenvalue weighted by Gasteiger charge is -2.17. The highest BCUT2D eigenvalue weighted by Crippen LogP contribution is 2.32. The fraction of sp³-hybridized carbons (Fsp3) is 0.171. The van der Waals surface area contributed by atoms with Gasteiger partial charge in [-0.3, -0.25) is 14.4 Å². The summed E-state index contributed by atoms with van der Waals surface area (Å²) in [6.07, 6.45) is 2.10. The molecule has 0 aliphatic carbocycles. The second-order valence-corrected chi connectivity index (χ2v) is 11.5. The third kappa shape index (κ3) is 9.06. The Bertz CT molecular complexity index is 1730. The average molecular weight is 660 g/mol. The maximum Gasteiger partial charge on any atom is 0.272 e. The number of amides is 3. The molecule has 4 aromatic carbocycles. The summed E-state index contributed by atoms with van der Waals surface area (Å²) in [4.78, 5) is 40.6. The number of thioether (sulfide) groups is 1. The highest BCUT2D eigenvalue weighted by Gasteiger charge is 2.21. The Morgan fingerprint density at radius 1 is 0.804 bits per heavy atom. The predicted molar refractivity (Wildman–Crippen MR) is 183 cm³/mol. The van der Waals surface area contributed by atoms with E-state index in [4.69, 9.17) is 25.8 Å². The van der Waals surface area contributed by atoms with E-state index in [1.54, 1.807) is 91.0 Å². The van der Waals surface area contributed by atoms with E-state index in [2.05, 4.69) is 16.0 Å². The smallest absolute Gasteiger partial charge is 0.272 e. The van der Waals surface area contributed by atoms with Gasteiger partial charge in [-0.1, -0.05) is 48.9 Å². The Hall–Kier alpha value is -4.93. The van der Waals surface area contributed by atoms with E-state index < -0.39 is 17.1 Å². The van der Waals surface area contributed by atoms with E-state index in [9.17, 15) is 14.4 Å². The molecule has 0 saturated heterocycles. The molecule has 4 aromatic rings. The largest absolute Gasteiger partial charge is 0.495 e. The zero-order valence-electron chi connectivity index (χ0n) is 25.8. The SMILES string of the molecule is CCC(Sc1cccc(NC(=O)/C(=C\c2ccc(OC)c(OC)c2)NC(=O)c2ccccc2)c1)C(=O)Nc1cc(Cl)ccc1OC. The van der Waals surface area contributed by atoms with Crippen molar-refractivity contribution in [3.63, 3.8) is 0 Å². The van der Waals surface area contributed by atoms with Crippen molar-refractivity contribution in [2.45, 2.75) is 23.5 Å². The second kappa shape index (κ2) is 16.4.